The Labute approximate surface area is 170 Å². The maximum absolute atomic E-state index is 14.6. The summed E-state index contributed by atoms with van der Waals surface area (Å²) in [6, 6.07) is 6.98. The first kappa shape index (κ1) is 22.5. The number of carbonyl (C=O) groups excluding carboxylic acids is 1. The summed E-state index contributed by atoms with van der Waals surface area (Å²) in [7, 11) is 0. The molecule has 0 radical (unpaired) electrons. The van der Waals surface area contributed by atoms with Gasteiger partial charge in [-0.25, -0.2) is 8.78 Å². The van der Waals surface area contributed by atoms with E-state index in [-0.39, 0.29) is 17.9 Å². The van der Waals surface area contributed by atoms with Gasteiger partial charge in [0.1, 0.15) is 0 Å². The van der Waals surface area contributed by atoms with Crippen LogP contribution in [0.4, 0.5) is 8.78 Å². The second kappa shape index (κ2) is 9.63. The van der Waals surface area contributed by atoms with Crippen molar-refractivity contribution in [3.63, 3.8) is 0 Å². The molecule has 4 nitrogen and oxygen atoms in total. The smallest absolute Gasteiger partial charge is 0.305 e. The average molecular weight is 403 g/mol. The average Bonchev–Trinajstić information content (AvgIpc) is 2.61. The number of carboxylic acid groups (broad SMARTS) is 1. The van der Waals surface area contributed by atoms with Gasteiger partial charge in [0.25, 0.3) is 0 Å². The van der Waals surface area contributed by atoms with Crippen LogP contribution in [0, 0.1) is 31.4 Å². The molecule has 0 aliphatic rings. The first-order valence-electron chi connectivity index (χ1n) is 9.66. The minimum absolute atomic E-state index is 0.164. The normalized spacial score (nSPS) is 12.1. The number of halogens is 2. The fourth-order valence-electron chi connectivity index (χ4n) is 3.38. The highest BCUT2D eigenvalue weighted by molar-refractivity contribution is 5.78. The summed E-state index contributed by atoms with van der Waals surface area (Å²) in [6.07, 6.45) is 0.263. The molecule has 2 aromatic carbocycles. The van der Waals surface area contributed by atoms with Gasteiger partial charge in [0.05, 0.1) is 12.5 Å². The molecule has 0 saturated carbocycles. The molecule has 0 spiro atoms. The predicted octanol–water partition coefficient (Wildman–Crippen LogP) is 5.32. The van der Waals surface area contributed by atoms with Gasteiger partial charge in [-0.05, 0) is 60.6 Å². The van der Waals surface area contributed by atoms with E-state index in [0.29, 0.717) is 17.9 Å². The molecule has 0 aromatic heterocycles. The van der Waals surface area contributed by atoms with E-state index in [1.165, 1.54) is 6.07 Å². The van der Waals surface area contributed by atoms with Gasteiger partial charge in [0, 0.05) is 12.0 Å². The van der Waals surface area contributed by atoms with E-state index in [1.807, 2.05) is 45.9 Å². The molecule has 1 amide bonds. The van der Waals surface area contributed by atoms with E-state index >= 15 is 0 Å². The molecule has 1 atom stereocenters. The van der Waals surface area contributed by atoms with Gasteiger partial charge >= 0.3 is 5.97 Å². The van der Waals surface area contributed by atoms with Crippen LogP contribution < -0.4 is 5.32 Å². The van der Waals surface area contributed by atoms with Gasteiger partial charge in [0.2, 0.25) is 5.91 Å². The summed E-state index contributed by atoms with van der Waals surface area (Å²) in [4.78, 5) is 23.6. The number of carboxylic acids is 1. The van der Waals surface area contributed by atoms with Crippen molar-refractivity contribution >= 4 is 11.9 Å². The summed E-state index contributed by atoms with van der Waals surface area (Å²) in [5, 5.41) is 11.8. The molecule has 2 N–H and O–H groups in total. The Bertz CT molecular complexity index is 889. The van der Waals surface area contributed by atoms with Gasteiger partial charge in [-0.3, -0.25) is 9.59 Å². The van der Waals surface area contributed by atoms with Crippen molar-refractivity contribution in [2.75, 3.05) is 0 Å². The molecule has 156 valence electrons. The molecule has 6 heteroatoms. The largest absolute Gasteiger partial charge is 0.481 e. The number of aliphatic carboxylic acids is 1. The molecule has 0 aliphatic heterocycles. The van der Waals surface area contributed by atoms with Crippen molar-refractivity contribution in [3.8, 4) is 11.1 Å². The Morgan fingerprint density at radius 2 is 1.72 bits per heavy atom. The fraction of sp³-hybridized carbons (Fsp3) is 0.391. The standard InChI is InChI=1S/C23H27F2NO3/c1-13(2)8-9-20(27)26-19(12-21(28)29)17-10-16(11-18(24)23(17)25)22-14(3)6-5-7-15(22)4/h5-7,10-11,13,19H,8-9,12H2,1-4H3,(H,26,27)(H,28,29)/t19-/m0/s1. The molecule has 0 unspecified atom stereocenters. The van der Waals surface area contributed by atoms with E-state index in [0.717, 1.165) is 22.8 Å². The molecule has 0 saturated heterocycles. The third kappa shape index (κ3) is 5.86. The molecule has 29 heavy (non-hydrogen) atoms. The Hall–Kier alpha value is -2.76. The zero-order valence-electron chi connectivity index (χ0n) is 17.2. The van der Waals surface area contributed by atoms with E-state index in [9.17, 15) is 23.5 Å². The number of hydrogen-bond donors (Lipinski definition) is 2. The van der Waals surface area contributed by atoms with Crippen molar-refractivity contribution in [1.29, 1.82) is 0 Å². The lowest BCUT2D eigenvalue weighted by Gasteiger charge is -2.20. The molecule has 0 heterocycles. The van der Waals surface area contributed by atoms with Gasteiger partial charge in [-0.1, -0.05) is 32.0 Å². The Balaban J connectivity index is 2.48. The second-order valence-electron chi connectivity index (χ2n) is 7.78. The molecular formula is C23H27F2NO3. The molecule has 2 aromatic rings. The summed E-state index contributed by atoms with van der Waals surface area (Å²) < 4.78 is 29.1. The first-order valence-corrected chi connectivity index (χ1v) is 9.66. The summed E-state index contributed by atoms with van der Waals surface area (Å²) in [5.74, 6) is -3.53. The van der Waals surface area contributed by atoms with Crippen molar-refractivity contribution in [2.45, 2.75) is 53.0 Å². The van der Waals surface area contributed by atoms with Crippen molar-refractivity contribution in [2.24, 2.45) is 5.92 Å². The van der Waals surface area contributed by atoms with Gasteiger partial charge in [0.15, 0.2) is 11.6 Å². The van der Waals surface area contributed by atoms with Gasteiger partial charge in [-0.15, -0.1) is 0 Å². The number of carbonyl (C=O) groups is 2. The van der Waals surface area contributed by atoms with Crippen LogP contribution in [0.1, 0.15) is 55.8 Å². The van der Waals surface area contributed by atoms with Crippen LogP contribution in [0.5, 0.6) is 0 Å². The van der Waals surface area contributed by atoms with E-state index < -0.39 is 30.1 Å². The lowest BCUT2D eigenvalue weighted by Crippen LogP contribution is -2.31. The first-order chi connectivity index (χ1) is 13.6. The number of amides is 1. The van der Waals surface area contributed by atoms with E-state index in [1.54, 1.807) is 0 Å². The zero-order chi connectivity index (χ0) is 21.7. The maximum atomic E-state index is 14.6. The van der Waals surface area contributed by atoms with E-state index in [4.69, 9.17) is 0 Å². The van der Waals surface area contributed by atoms with Crippen LogP contribution in [0.15, 0.2) is 30.3 Å². The quantitative estimate of drug-likeness (QED) is 0.627. The van der Waals surface area contributed by atoms with Crippen LogP contribution in [0.25, 0.3) is 11.1 Å². The highest BCUT2D eigenvalue weighted by Gasteiger charge is 2.25. The number of rotatable bonds is 8. The molecule has 0 aliphatic carbocycles. The monoisotopic (exact) mass is 403 g/mol. The molecular weight excluding hydrogens is 376 g/mol. The molecule has 0 bridgehead atoms. The van der Waals surface area contributed by atoms with Crippen molar-refractivity contribution in [3.05, 3.63) is 58.7 Å². The fourth-order valence-corrected chi connectivity index (χ4v) is 3.38. The highest BCUT2D eigenvalue weighted by atomic mass is 19.2. The summed E-state index contributed by atoms with van der Waals surface area (Å²) >= 11 is 0. The summed E-state index contributed by atoms with van der Waals surface area (Å²) in [5.41, 5.74) is 2.81. The Kier molecular flexibility index (Phi) is 7.48. The topological polar surface area (TPSA) is 66.4 Å². The van der Waals surface area contributed by atoms with Crippen LogP contribution in [0.2, 0.25) is 0 Å². The molecule has 0 fully saturated rings. The minimum Gasteiger partial charge on any atom is -0.481 e. The number of nitrogens with one attached hydrogen (secondary N) is 1. The Morgan fingerprint density at radius 3 is 2.28 bits per heavy atom. The minimum atomic E-state index is -1.21. The van der Waals surface area contributed by atoms with Crippen LogP contribution in [-0.4, -0.2) is 17.0 Å². The van der Waals surface area contributed by atoms with Gasteiger partial charge in [-0.2, -0.15) is 0 Å². The number of aryl methyl sites for hydroxylation is 2. The zero-order valence-corrected chi connectivity index (χ0v) is 17.2. The SMILES string of the molecule is Cc1cccc(C)c1-c1cc(F)c(F)c([C@H](CC(=O)O)NC(=O)CCC(C)C)c1. The predicted molar refractivity (Wildman–Crippen MR) is 108 cm³/mol. The lowest BCUT2D eigenvalue weighted by atomic mass is 9.92. The molecule has 2 rings (SSSR count). The third-order valence-electron chi connectivity index (χ3n) is 4.86. The van der Waals surface area contributed by atoms with Gasteiger partial charge < -0.3 is 10.4 Å². The highest BCUT2D eigenvalue weighted by Crippen LogP contribution is 2.33. The van der Waals surface area contributed by atoms with Crippen LogP contribution in [0.3, 0.4) is 0 Å². The van der Waals surface area contributed by atoms with Crippen molar-refractivity contribution in [1.82, 2.24) is 5.32 Å². The Morgan fingerprint density at radius 1 is 1.10 bits per heavy atom. The number of benzene rings is 2. The van der Waals surface area contributed by atoms with Crippen LogP contribution >= 0.6 is 0 Å². The lowest BCUT2D eigenvalue weighted by molar-refractivity contribution is -0.137. The van der Waals surface area contributed by atoms with E-state index in [2.05, 4.69) is 5.32 Å². The number of hydrogen-bond acceptors (Lipinski definition) is 2. The third-order valence-corrected chi connectivity index (χ3v) is 4.86. The summed E-state index contributed by atoms with van der Waals surface area (Å²) in [6.45, 7) is 7.66. The second-order valence-corrected chi connectivity index (χ2v) is 7.78. The van der Waals surface area contributed by atoms with Crippen LogP contribution in [-0.2, 0) is 9.59 Å². The van der Waals surface area contributed by atoms with Crippen molar-refractivity contribution < 1.29 is 23.5 Å². The maximum Gasteiger partial charge on any atom is 0.305 e.